The van der Waals surface area contributed by atoms with Crippen molar-refractivity contribution in [2.75, 3.05) is 19.6 Å². The minimum atomic E-state index is -0.849. The molecule has 2 N–H and O–H groups in total. The zero-order valence-electron chi connectivity index (χ0n) is 19.7. The number of esters is 1. The van der Waals surface area contributed by atoms with Crippen LogP contribution >= 0.6 is 0 Å². The average molecular weight is 465 g/mol. The Morgan fingerprint density at radius 1 is 1.18 bits per heavy atom. The van der Waals surface area contributed by atoms with Crippen LogP contribution in [0.4, 0.5) is 4.39 Å². The van der Waals surface area contributed by atoms with Gasteiger partial charge in [-0.2, -0.15) is 0 Å². The maximum Gasteiger partial charge on any atom is 0.317 e. The van der Waals surface area contributed by atoms with Gasteiger partial charge in [0.2, 0.25) is 11.8 Å². The molecular formula is C24H33FN2O6. The van der Waals surface area contributed by atoms with Gasteiger partial charge in [-0.25, -0.2) is 4.39 Å². The lowest BCUT2D eigenvalue weighted by Gasteiger charge is -2.31. The van der Waals surface area contributed by atoms with Crippen LogP contribution in [0.25, 0.3) is 0 Å². The third-order valence-corrected chi connectivity index (χ3v) is 5.50. The molecule has 1 aromatic carbocycles. The number of amides is 2. The fourth-order valence-corrected chi connectivity index (χ4v) is 4.13. The largest absolute Gasteiger partial charge is 0.480 e. The highest BCUT2D eigenvalue weighted by Gasteiger charge is 2.29. The molecule has 1 aromatic rings. The molecule has 33 heavy (non-hydrogen) atoms. The monoisotopic (exact) mass is 464 g/mol. The summed E-state index contributed by atoms with van der Waals surface area (Å²) in [4.78, 5) is 46.0. The minimum absolute atomic E-state index is 0.0175. The Bertz CT molecular complexity index is 887. The Kier molecular flexibility index (Phi) is 9.10. The van der Waals surface area contributed by atoms with E-state index in [1.807, 2.05) is 25.7 Å². The van der Waals surface area contributed by atoms with E-state index in [0.29, 0.717) is 43.5 Å². The van der Waals surface area contributed by atoms with Crippen molar-refractivity contribution in [3.8, 4) is 0 Å². The van der Waals surface area contributed by atoms with E-state index in [1.165, 1.54) is 13.0 Å². The first-order chi connectivity index (χ1) is 15.4. The number of hydrogen-bond acceptors (Lipinski definition) is 6. The fraction of sp³-hybridized carbons (Fsp3) is 0.583. The minimum Gasteiger partial charge on any atom is -0.480 e. The van der Waals surface area contributed by atoms with E-state index < -0.39 is 11.9 Å². The maximum absolute atomic E-state index is 14.6. The molecule has 2 amide bonds. The normalized spacial score (nSPS) is 19.8. The number of nitrogens with one attached hydrogen (secondary N) is 1. The summed E-state index contributed by atoms with van der Waals surface area (Å²) in [5, 5.41) is 11.1. The first kappa shape index (κ1) is 26.4. The number of carboxylic acid groups (broad SMARTS) is 1. The quantitative estimate of drug-likeness (QED) is 0.520. The second-order valence-electron chi connectivity index (χ2n) is 9.43. The SMILES string of the molecule is CC(=O)OC(C)(C)C.O=C(O)CN1CCC(c2ccc(C3CCC(=O)NC3=O)cc2F)CC1. The van der Waals surface area contributed by atoms with Gasteiger partial charge < -0.3 is 9.84 Å². The fourth-order valence-electron chi connectivity index (χ4n) is 4.13. The molecule has 8 nitrogen and oxygen atoms in total. The number of likely N-dealkylation sites (tertiary alicyclic amines) is 1. The highest BCUT2D eigenvalue weighted by atomic mass is 19.1. The van der Waals surface area contributed by atoms with Crippen LogP contribution in [0.1, 0.15) is 76.3 Å². The first-order valence-corrected chi connectivity index (χ1v) is 11.1. The van der Waals surface area contributed by atoms with Crippen LogP contribution in [0.15, 0.2) is 18.2 Å². The van der Waals surface area contributed by atoms with Gasteiger partial charge >= 0.3 is 11.9 Å². The number of carbonyl (C=O) groups is 4. The summed E-state index contributed by atoms with van der Waals surface area (Å²) in [6.07, 6.45) is 2.09. The summed E-state index contributed by atoms with van der Waals surface area (Å²) >= 11 is 0. The molecule has 1 unspecified atom stereocenters. The van der Waals surface area contributed by atoms with Crippen LogP contribution in [0.2, 0.25) is 0 Å². The van der Waals surface area contributed by atoms with Crippen molar-refractivity contribution >= 4 is 23.8 Å². The van der Waals surface area contributed by atoms with E-state index in [2.05, 4.69) is 5.32 Å². The molecule has 2 fully saturated rings. The Morgan fingerprint density at radius 2 is 1.82 bits per heavy atom. The van der Waals surface area contributed by atoms with Gasteiger partial charge in [-0.3, -0.25) is 29.4 Å². The van der Waals surface area contributed by atoms with Gasteiger partial charge in [-0.05, 0) is 76.2 Å². The molecule has 0 saturated carbocycles. The molecule has 2 aliphatic heterocycles. The van der Waals surface area contributed by atoms with Crippen LogP contribution in [-0.4, -0.2) is 59.0 Å². The van der Waals surface area contributed by atoms with E-state index in [1.54, 1.807) is 12.1 Å². The van der Waals surface area contributed by atoms with Crippen molar-refractivity contribution < 1.29 is 33.4 Å². The Labute approximate surface area is 193 Å². The van der Waals surface area contributed by atoms with Crippen LogP contribution in [-0.2, 0) is 23.9 Å². The molecular weight excluding hydrogens is 431 g/mol. The Hall–Kier alpha value is -2.81. The summed E-state index contributed by atoms with van der Waals surface area (Å²) in [5.41, 5.74) is 0.881. The average Bonchev–Trinajstić information content (AvgIpc) is 2.67. The van der Waals surface area contributed by atoms with Gasteiger partial charge in [0.25, 0.3) is 0 Å². The van der Waals surface area contributed by atoms with E-state index in [9.17, 15) is 23.6 Å². The van der Waals surface area contributed by atoms with Gasteiger partial charge in [0.05, 0.1) is 12.5 Å². The number of aliphatic carboxylic acids is 1. The number of rotatable bonds is 4. The molecule has 2 aliphatic rings. The van der Waals surface area contributed by atoms with Gasteiger partial charge in [0.1, 0.15) is 11.4 Å². The van der Waals surface area contributed by atoms with Gasteiger partial charge in [0.15, 0.2) is 0 Å². The predicted octanol–water partition coefficient (Wildman–Crippen LogP) is 2.96. The highest BCUT2D eigenvalue weighted by molar-refractivity contribution is 6.00. The van der Waals surface area contributed by atoms with Gasteiger partial charge in [0, 0.05) is 13.3 Å². The number of imide groups is 1. The summed E-state index contributed by atoms with van der Waals surface area (Å²) in [6.45, 7) is 8.21. The van der Waals surface area contributed by atoms with Crippen molar-refractivity contribution in [2.24, 2.45) is 0 Å². The third-order valence-electron chi connectivity index (χ3n) is 5.50. The number of carbonyl (C=O) groups excluding carboxylic acids is 3. The molecule has 1 atom stereocenters. The molecule has 0 bridgehead atoms. The number of piperidine rings is 2. The van der Waals surface area contributed by atoms with Crippen LogP contribution in [0, 0.1) is 5.82 Å². The van der Waals surface area contributed by atoms with Crippen molar-refractivity contribution in [2.45, 2.75) is 70.8 Å². The Balaban J connectivity index is 0.000000414. The number of ether oxygens (including phenoxy) is 1. The number of benzene rings is 1. The maximum atomic E-state index is 14.6. The lowest BCUT2D eigenvalue weighted by molar-refractivity contribution is -0.152. The second kappa shape index (κ2) is 11.4. The standard InChI is InChI=1S/C18H21FN2O4.C6H12O2/c19-15-9-12(14-3-4-16(22)20-18(14)25)1-2-13(15)11-5-7-21(8-6-11)10-17(23)24;1-5(7)8-6(2,3)4/h1-2,9,11,14H,3-8,10H2,(H,23,24)(H,20,22,25);1-4H3. The van der Waals surface area contributed by atoms with E-state index in [0.717, 1.165) is 0 Å². The van der Waals surface area contributed by atoms with Crippen molar-refractivity contribution in [3.63, 3.8) is 0 Å². The van der Waals surface area contributed by atoms with Gasteiger partial charge in [-0.15, -0.1) is 0 Å². The zero-order chi connectivity index (χ0) is 24.8. The lowest BCUT2D eigenvalue weighted by Crippen LogP contribution is -2.39. The number of carboxylic acids is 1. The molecule has 2 heterocycles. The number of hydrogen-bond donors (Lipinski definition) is 2. The molecule has 9 heteroatoms. The number of nitrogens with zero attached hydrogens (tertiary/aromatic N) is 1. The smallest absolute Gasteiger partial charge is 0.317 e. The number of halogens is 1. The van der Waals surface area contributed by atoms with E-state index in [4.69, 9.17) is 9.84 Å². The summed E-state index contributed by atoms with van der Waals surface area (Å²) < 4.78 is 19.4. The topological polar surface area (TPSA) is 113 Å². The van der Waals surface area contributed by atoms with Crippen molar-refractivity contribution in [1.29, 1.82) is 0 Å². The summed E-state index contributed by atoms with van der Waals surface area (Å²) in [7, 11) is 0. The molecule has 0 spiro atoms. The van der Waals surface area contributed by atoms with Crippen LogP contribution < -0.4 is 5.32 Å². The van der Waals surface area contributed by atoms with Crippen LogP contribution in [0.5, 0.6) is 0 Å². The van der Waals surface area contributed by atoms with E-state index in [-0.39, 0.29) is 48.1 Å². The zero-order valence-corrected chi connectivity index (χ0v) is 19.7. The first-order valence-electron chi connectivity index (χ1n) is 11.1. The van der Waals surface area contributed by atoms with Gasteiger partial charge in [-0.1, -0.05) is 12.1 Å². The third kappa shape index (κ3) is 8.57. The summed E-state index contributed by atoms with van der Waals surface area (Å²) in [6, 6.07) is 4.90. The van der Waals surface area contributed by atoms with E-state index >= 15 is 0 Å². The molecule has 0 radical (unpaired) electrons. The van der Waals surface area contributed by atoms with Crippen molar-refractivity contribution in [1.82, 2.24) is 10.2 Å². The second-order valence-corrected chi connectivity index (χ2v) is 9.43. The molecule has 0 aliphatic carbocycles. The molecule has 182 valence electrons. The molecule has 0 aromatic heterocycles. The summed E-state index contributed by atoms with van der Waals surface area (Å²) in [5.74, 6) is -2.49. The molecule has 2 saturated heterocycles. The highest BCUT2D eigenvalue weighted by Crippen LogP contribution is 2.32. The lowest BCUT2D eigenvalue weighted by atomic mass is 9.85. The predicted molar refractivity (Wildman–Crippen MR) is 119 cm³/mol. The molecule has 3 rings (SSSR count). The Morgan fingerprint density at radius 3 is 2.27 bits per heavy atom. The van der Waals surface area contributed by atoms with Crippen LogP contribution in [0.3, 0.4) is 0 Å². The van der Waals surface area contributed by atoms with Crippen molar-refractivity contribution in [3.05, 3.63) is 35.1 Å².